The summed E-state index contributed by atoms with van der Waals surface area (Å²) in [6, 6.07) is 0.357. The van der Waals surface area contributed by atoms with Gasteiger partial charge in [0.1, 0.15) is 6.61 Å². The Balaban J connectivity index is 1.92. The van der Waals surface area contributed by atoms with E-state index in [-0.39, 0.29) is 0 Å². The highest BCUT2D eigenvalue weighted by atomic mass is 16.5. The maximum atomic E-state index is 5.64. The smallest absolute Gasteiger partial charge is 0.157 e. The van der Waals surface area contributed by atoms with E-state index in [0.29, 0.717) is 12.6 Å². The normalized spacial score (nSPS) is 11.1. The van der Waals surface area contributed by atoms with E-state index >= 15 is 0 Å². The molecule has 0 fully saturated rings. The van der Waals surface area contributed by atoms with Crippen molar-refractivity contribution in [1.82, 2.24) is 19.6 Å². The quantitative estimate of drug-likeness (QED) is 0.797. The van der Waals surface area contributed by atoms with Gasteiger partial charge >= 0.3 is 0 Å². The molecule has 2 aromatic heterocycles. The molecule has 0 radical (unpaired) electrons. The predicted molar refractivity (Wildman–Crippen MR) is 64.8 cm³/mol. The van der Waals surface area contributed by atoms with Crippen LogP contribution in [0.3, 0.4) is 0 Å². The zero-order valence-corrected chi connectivity index (χ0v) is 10.5. The summed E-state index contributed by atoms with van der Waals surface area (Å²) in [6.07, 6.45) is 7.47. The third-order valence-corrected chi connectivity index (χ3v) is 2.52. The number of nitrogens with zero attached hydrogens (tertiary/aromatic N) is 4. The monoisotopic (exact) mass is 234 g/mol. The molecule has 0 atom stereocenters. The maximum absolute atomic E-state index is 5.64. The highest BCUT2D eigenvalue weighted by Gasteiger charge is 2.03. The molecule has 2 heterocycles. The first-order valence-corrected chi connectivity index (χ1v) is 5.87. The number of aromatic nitrogens is 4. The van der Waals surface area contributed by atoms with Crippen LogP contribution in [0.5, 0.6) is 5.75 Å². The lowest BCUT2D eigenvalue weighted by Gasteiger charge is -2.03. The van der Waals surface area contributed by atoms with E-state index < -0.39 is 0 Å². The van der Waals surface area contributed by atoms with Gasteiger partial charge in [-0.05, 0) is 20.8 Å². The first-order valence-electron chi connectivity index (χ1n) is 5.87. The molecule has 2 rings (SSSR count). The molecule has 0 aromatic carbocycles. The fourth-order valence-electron chi connectivity index (χ4n) is 1.50. The van der Waals surface area contributed by atoms with E-state index in [1.165, 1.54) is 0 Å². The topological polar surface area (TPSA) is 44.9 Å². The Labute approximate surface area is 101 Å². The van der Waals surface area contributed by atoms with Crippen molar-refractivity contribution in [2.24, 2.45) is 0 Å². The van der Waals surface area contributed by atoms with Crippen LogP contribution >= 0.6 is 0 Å². The van der Waals surface area contributed by atoms with Crippen LogP contribution in [-0.2, 0) is 13.2 Å². The predicted octanol–water partition coefficient (Wildman–Crippen LogP) is 2.26. The zero-order valence-electron chi connectivity index (χ0n) is 10.5. The van der Waals surface area contributed by atoms with Crippen LogP contribution in [0.25, 0.3) is 0 Å². The van der Waals surface area contributed by atoms with Gasteiger partial charge in [0.25, 0.3) is 0 Å². The molecule has 0 saturated heterocycles. The summed E-state index contributed by atoms with van der Waals surface area (Å²) >= 11 is 0. The Hall–Kier alpha value is -1.78. The van der Waals surface area contributed by atoms with E-state index in [2.05, 4.69) is 31.0 Å². The highest BCUT2D eigenvalue weighted by molar-refractivity contribution is 5.13. The molecule has 92 valence electrons. The summed E-state index contributed by atoms with van der Waals surface area (Å²) in [6.45, 7) is 7.64. The third kappa shape index (κ3) is 2.87. The lowest BCUT2D eigenvalue weighted by molar-refractivity contribution is 0.305. The molecule has 5 nitrogen and oxygen atoms in total. The van der Waals surface area contributed by atoms with Crippen LogP contribution < -0.4 is 4.74 Å². The summed E-state index contributed by atoms with van der Waals surface area (Å²) < 4.78 is 9.41. The second-order valence-corrected chi connectivity index (χ2v) is 4.24. The van der Waals surface area contributed by atoms with Gasteiger partial charge in [0, 0.05) is 24.3 Å². The van der Waals surface area contributed by atoms with Crippen molar-refractivity contribution in [2.45, 2.75) is 40.0 Å². The molecule has 0 unspecified atom stereocenters. The van der Waals surface area contributed by atoms with Gasteiger partial charge in [0.05, 0.1) is 18.6 Å². The molecule has 0 aliphatic heterocycles. The lowest BCUT2D eigenvalue weighted by atomic mass is 10.4. The van der Waals surface area contributed by atoms with Crippen molar-refractivity contribution in [3.63, 3.8) is 0 Å². The fourth-order valence-corrected chi connectivity index (χ4v) is 1.50. The van der Waals surface area contributed by atoms with E-state index in [1.807, 2.05) is 28.0 Å². The SMILES string of the molecule is CCn1cc(COc2cnn(C(C)C)c2)cn1. The second-order valence-electron chi connectivity index (χ2n) is 4.24. The summed E-state index contributed by atoms with van der Waals surface area (Å²) in [5, 5.41) is 8.42. The molecule has 0 bridgehead atoms. The summed E-state index contributed by atoms with van der Waals surface area (Å²) in [4.78, 5) is 0. The number of rotatable bonds is 5. The molecule has 2 aromatic rings. The van der Waals surface area contributed by atoms with Crippen molar-refractivity contribution in [3.8, 4) is 5.75 Å². The van der Waals surface area contributed by atoms with Gasteiger partial charge in [0.2, 0.25) is 0 Å². The van der Waals surface area contributed by atoms with Crippen LogP contribution in [0.1, 0.15) is 32.4 Å². The van der Waals surface area contributed by atoms with Crippen LogP contribution in [0, 0.1) is 0 Å². The summed E-state index contributed by atoms with van der Waals surface area (Å²) in [5.41, 5.74) is 1.07. The number of hydrogen-bond acceptors (Lipinski definition) is 3. The van der Waals surface area contributed by atoms with E-state index in [4.69, 9.17) is 4.74 Å². The van der Waals surface area contributed by atoms with Gasteiger partial charge in [-0.1, -0.05) is 0 Å². The second kappa shape index (κ2) is 5.03. The molecule has 0 saturated carbocycles. The van der Waals surface area contributed by atoms with Gasteiger partial charge in [-0.25, -0.2) is 0 Å². The van der Waals surface area contributed by atoms with Crippen molar-refractivity contribution >= 4 is 0 Å². The molecule has 17 heavy (non-hydrogen) atoms. The van der Waals surface area contributed by atoms with Crippen LogP contribution in [0.15, 0.2) is 24.8 Å². The molecule has 0 N–H and O–H groups in total. The maximum Gasteiger partial charge on any atom is 0.157 e. The minimum absolute atomic E-state index is 0.357. The first kappa shape index (κ1) is 11.7. The van der Waals surface area contributed by atoms with Crippen molar-refractivity contribution < 1.29 is 4.74 Å². The van der Waals surface area contributed by atoms with Gasteiger partial charge in [0.15, 0.2) is 5.75 Å². The molecular formula is C12H18N4O. The molecule has 5 heteroatoms. The molecule has 0 spiro atoms. The standard InChI is InChI=1S/C12H18N4O/c1-4-15-7-11(5-13-15)9-17-12-6-14-16(8-12)10(2)3/h5-8,10H,4,9H2,1-3H3. The van der Waals surface area contributed by atoms with Crippen LogP contribution in [-0.4, -0.2) is 19.6 Å². The summed E-state index contributed by atoms with van der Waals surface area (Å²) in [7, 11) is 0. The van der Waals surface area contributed by atoms with Gasteiger partial charge in [-0.2, -0.15) is 10.2 Å². The Bertz CT molecular complexity index is 472. The number of hydrogen-bond donors (Lipinski definition) is 0. The Morgan fingerprint density at radius 2 is 2.06 bits per heavy atom. The van der Waals surface area contributed by atoms with Crippen LogP contribution in [0.2, 0.25) is 0 Å². The molecule has 0 aliphatic rings. The Kier molecular flexibility index (Phi) is 3.46. The average molecular weight is 234 g/mol. The minimum atomic E-state index is 0.357. The largest absolute Gasteiger partial charge is 0.485 e. The summed E-state index contributed by atoms with van der Waals surface area (Å²) in [5.74, 6) is 0.794. The van der Waals surface area contributed by atoms with Crippen LogP contribution in [0.4, 0.5) is 0 Å². The van der Waals surface area contributed by atoms with Crippen molar-refractivity contribution in [1.29, 1.82) is 0 Å². The first-order chi connectivity index (χ1) is 8.19. The minimum Gasteiger partial charge on any atom is -0.485 e. The van der Waals surface area contributed by atoms with E-state index in [0.717, 1.165) is 17.9 Å². The zero-order chi connectivity index (χ0) is 12.3. The Morgan fingerprint density at radius 1 is 1.24 bits per heavy atom. The average Bonchev–Trinajstić information content (AvgIpc) is 2.95. The van der Waals surface area contributed by atoms with E-state index in [1.54, 1.807) is 6.20 Å². The molecule has 0 amide bonds. The van der Waals surface area contributed by atoms with Gasteiger partial charge in [-0.15, -0.1) is 0 Å². The lowest BCUT2D eigenvalue weighted by Crippen LogP contribution is -2.00. The molecular weight excluding hydrogens is 216 g/mol. The van der Waals surface area contributed by atoms with Crippen molar-refractivity contribution in [3.05, 3.63) is 30.4 Å². The van der Waals surface area contributed by atoms with E-state index in [9.17, 15) is 0 Å². The molecule has 0 aliphatic carbocycles. The Morgan fingerprint density at radius 3 is 2.65 bits per heavy atom. The third-order valence-electron chi connectivity index (χ3n) is 2.52. The van der Waals surface area contributed by atoms with Gasteiger partial charge in [-0.3, -0.25) is 9.36 Å². The number of aryl methyl sites for hydroxylation is 1. The highest BCUT2D eigenvalue weighted by Crippen LogP contribution is 2.14. The number of ether oxygens (including phenoxy) is 1. The van der Waals surface area contributed by atoms with Crippen molar-refractivity contribution in [2.75, 3.05) is 0 Å². The van der Waals surface area contributed by atoms with Gasteiger partial charge < -0.3 is 4.74 Å². The fraction of sp³-hybridized carbons (Fsp3) is 0.500.